The molecule has 0 saturated heterocycles. The van der Waals surface area contributed by atoms with Crippen LogP contribution in [-0.2, 0) is 0 Å². The van der Waals surface area contributed by atoms with Crippen LogP contribution in [0.5, 0.6) is 0 Å². The number of nitrogens with zero attached hydrogens (tertiary/aromatic N) is 1. The highest BCUT2D eigenvalue weighted by atomic mass is 19.1. The maximum atomic E-state index is 13.5. The van der Waals surface area contributed by atoms with Gasteiger partial charge in [-0.05, 0) is 31.0 Å². The van der Waals surface area contributed by atoms with Gasteiger partial charge in [0.2, 0.25) is 0 Å². The fraction of sp³-hybridized carbons (Fsp3) is 0.583. The molecule has 0 aromatic carbocycles. The van der Waals surface area contributed by atoms with Gasteiger partial charge < -0.3 is 5.32 Å². The number of halogens is 1. The fourth-order valence-electron chi connectivity index (χ4n) is 1.57. The van der Waals surface area contributed by atoms with Gasteiger partial charge in [0.25, 0.3) is 0 Å². The Labute approximate surface area is 90.9 Å². The van der Waals surface area contributed by atoms with E-state index in [0.717, 1.165) is 13.0 Å². The molecule has 0 aliphatic carbocycles. The van der Waals surface area contributed by atoms with Gasteiger partial charge in [0.05, 0.1) is 11.7 Å². The minimum atomic E-state index is -0.222. The summed E-state index contributed by atoms with van der Waals surface area (Å²) < 4.78 is 13.5. The Morgan fingerprint density at radius 3 is 2.73 bits per heavy atom. The Balaban J connectivity index is 2.84. The molecular weight excluding hydrogens is 191 g/mol. The van der Waals surface area contributed by atoms with Gasteiger partial charge in [-0.25, -0.2) is 4.39 Å². The van der Waals surface area contributed by atoms with E-state index < -0.39 is 0 Å². The Hall–Kier alpha value is -0.960. The van der Waals surface area contributed by atoms with Gasteiger partial charge in [0.15, 0.2) is 0 Å². The van der Waals surface area contributed by atoms with Gasteiger partial charge in [0, 0.05) is 6.20 Å². The molecule has 1 aromatic heterocycles. The number of hydrogen-bond acceptors (Lipinski definition) is 2. The standard InChI is InChI=1S/C12H19FN2/c1-4-7-14-11(9(2)3)12-10(13)6-5-8-15-12/h5-6,8-9,11,14H,4,7H2,1-3H3. The Bertz CT molecular complexity index is 299. The molecule has 1 unspecified atom stereocenters. The summed E-state index contributed by atoms with van der Waals surface area (Å²) in [6.45, 7) is 7.13. The maximum absolute atomic E-state index is 13.5. The Morgan fingerprint density at radius 2 is 2.20 bits per heavy atom. The summed E-state index contributed by atoms with van der Waals surface area (Å²) in [6, 6.07) is 3.09. The normalized spacial score (nSPS) is 13.1. The third-order valence-electron chi connectivity index (χ3n) is 2.36. The highest BCUT2D eigenvalue weighted by Gasteiger charge is 2.19. The molecule has 1 atom stereocenters. The van der Waals surface area contributed by atoms with E-state index in [1.54, 1.807) is 12.3 Å². The summed E-state index contributed by atoms with van der Waals surface area (Å²) >= 11 is 0. The van der Waals surface area contributed by atoms with E-state index in [4.69, 9.17) is 0 Å². The molecule has 15 heavy (non-hydrogen) atoms. The van der Waals surface area contributed by atoms with Gasteiger partial charge in [0.1, 0.15) is 5.82 Å². The smallest absolute Gasteiger partial charge is 0.146 e. The van der Waals surface area contributed by atoms with E-state index in [9.17, 15) is 4.39 Å². The third kappa shape index (κ3) is 3.27. The first-order valence-electron chi connectivity index (χ1n) is 5.50. The number of nitrogens with one attached hydrogen (secondary N) is 1. The molecule has 0 aliphatic rings. The SMILES string of the molecule is CCCNC(c1ncccc1F)C(C)C. The van der Waals surface area contributed by atoms with E-state index in [2.05, 4.69) is 31.1 Å². The molecule has 1 N–H and O–H groups in total. The predicted octanol–water partition coefficient (Wildman–Crippen LogP) is 2.92. The van der Waals surface area contributed by atoms with Crippen LogP contribution < -0.4 is 5.32 Å². The molecule has 0 radical (unpaired) electrons. The topological polar surface area (TPSA) is 24.9 Å². The zero-order valence-corrected chi connectivity index (χ0v) is 9.63. The lowest BCUT2D eigenvalue weighted by atomic mass is 10.00. The van der Waals surface area contributed by atoms with Crippen LogP contribution in [0.15, 0.2) is 18.3 Å². The van der Waals surface area contributed by atoms with Gasteiger partial charge >= 0.3 is 0 Å². The molecule has 0 spiro atoms. The Morgan fingerprint density at radius 1 is 1.47 bits per heavy atom. The second kappa shape index (κ2) is 5.81. The zero-order chi connectivity index (χ0) is 11.3. The number of aromatic nitrogens is 1. The van der Waals surface area contributed by atoms with E-state index in [0.29, 0.717) is 11.6 Å². The number of rotatable bonds is 5. The minimum Gasteiger partial charge on any atom is -0.308 e. The molecule has 0 amide bonds. The van der Waals surface area contributed by atoms with Crippen molar-refractivity contribution in [3.8, 4) is 0 Å². The second-order valence-electron chi connectivity index (χ2n) is 4.05. The number of pyridine rings is 1. The van der Waals surface area contributed by atoms with E-state index in [1.165, 1.54) is 6.07 Å². The lowest BCUT2D eigenvalue weighted by molar-refractivity contribution is 0.388. The van der Waals surface area contributed by atoms with Crippen LogP contribution in [0.25, 0.3) is 0 Å². The average molecular weight is 210 g/mol. The lowest BCUT2D eigenvalue weighted by Gasteiger charge is -2.21. The fourth-order valence-corrected chi connectivity index (χ4v) is 1.57. The molecule has 2 nitrogen and oxygen atoms in total. The first-order chi connectivity index (χ1) is 7.16. The predicted molar refractivity (Wildman–Crippen MR) is 60.1 cm³/mol. The summed E-state index contributed by atoms with van der Waals surface area (Å²) in [5, 5.41) is 3.32. The quantitative estimate of drug-likeness (QED) is 0.808. The summed E-state index contributed by atoms with van der Waals surface area (Å²) in [6.07, 6.45) is 2.68. The molecule has 0 aliphatic heterocycles. The van der Waals surface area contributed by atoms with Gasteiger partial charge in [-0.2, -0.15) is 0 Å². The van der Waals surface area contributed by atoms with E-state index in [1.807, 2.05) is 0 Å². The van der Waals surface area contributed by atoms with Crippen molar-refractivity contribution in [2.24, 2.45) is 5.92 Å². The molecule has 3 heteroatoms. The summed E-state index contributed by atoms with van der Waals surface area (Å²) in [7, 11) is 0. The summed E-state index contributed by atoms with van der Waals surface area (Å²) in [5.41, 5.74) is 0.529. The molecule has 0 saturated carbocycles. The third-order valence-corrected chi connectivity index (χ3v) is 2.36. The van der Waals surface area contributed by atoms with E-state index >= 15 is 0 Å². The molecule has 0 bridgehead atoms. The van der Waals surface area contributed by atoms with Crippen LogP contribution in [-0.4, -0.2) is 11.5 Å². The lowest BCUT2D eigenvalue weighted by Crippen LogP contribution is -2.28. The van der Waals surface area contributed by atoms with Crippen LogP contribution in [0, 0.1) is 11.7 Å². The minimum absolute atomic E-state index is 0.00569. The van der Waals surface area contributed by atoms with Crippen molar-refractivity contribution in [1.82, 2.24) is 10.3 Å². The van der Waals surface area contributed by atoms with Gasteiger partial charge in [-0.15, -0.1) is 0 Å². The molecule has 1 heterocycles. The highest BCUT2D eigenvalue weighted by molar-refractivity contribution is 5.12. The van der Waals surface area contributed by atoms with Crippen LogP contribution in [0.3, 0.4) is 0 Å². The molecule has 0 fully saturated rings. The summed E-state index contributed by atoms with van der Waals surface area (Å²) in [5.74, 6) is 0.112. The summed E-state index contributed by atoms with van der Waals surface area (Å²) in [4.78, 5) is 4.12. The van der Waals surface area contributed by atoms with Crippen molar-refractivity contribution in [3.05, 3.63) is 29.8 Å². The van der Waals surface area contributed by atoms with Gasteiger partial charge in [-0.3, -0.25) is 4.98 Å². The monoisotopic (exact) mass is 210 g/mol. The second-order valence-corrected chi connectivity index (χ2v) is 4.05. The van der Waals surface area contributed by atoms with Crippen molar-refractivity contribution < 1.29 is 4.39 Å². The zero-order valence-electron chi connectivity index (χ0n) is 9.63. The van der Waals surface area contributed by atoms with E-state index in [-0.39, 0.29) is 11.9 Å². The first kappa shape index (κ1) is 12.1. The average Bonchev–Trinajstić information content (AvgIpc) is 2.20. The van der Waals surface area contributed by atoms with Crippen LogP contribution >= 0.6 is 0 Å². The maximum Gasteiger partial charge on any atom is 0.146 e. The van der Waals surface area contributed by atoms with Crippen LogP contribution in [0.1, 0.15) is 38.9 Å². The first-order valence-corrected chi connectivity index (χ1v) is 5.50. The van der Waals surface area contributed by atoms with Crippen molar-refractivity contribution in [3.63, 3.8) is 0 Å². The van der Waals surface area contributed by atoms with Crippen molar-refractivity contribution in [1.29, 1.82) is 0 Å². The van der Waals surface area contributed by atoms with Crippen molar-refractivity contribution in [2.75, 3.05) is 6.54 Å². The van der Waals surface area contributed by atoms with Gasteiger partial charge in [-0.1, -0.05) is 20.8 Å². The molecule has 84 valence electrons. The molecular formula is C12H19FN2. The van der Waals surface area contributed by atoms with Crippen molar-refractivity contribution >= 4 is 0 Å². The van der Waals surface area contributed by atoms with Crippen LogP contribution in [0.4, 0.5) is 4.39 Å². The molecule has 1 aromatic rings. The molecule has 1 rings (SSSR count). The Kier molecular flexibility index (Phi) is 4.69. The number of hydrogen-bond donors (Lipinski definition) is 1. The van der Waals surface area contributed by atoms with Crippen molar-refractivity contribution in [2.45, 2.75) is 33.2 Å². The van der Waals surface area contributed by atoms with Crippen LogP contribution in [0.2, 0.25) is 0 Å². The largest absolute Gasteiger partial charge is 0.308 e. The highest BCUT2D eigenvalue weighted by Crippen LogP contribution is 2.21.